The quantitative estimate of drug-likeness (QED) is 0.624. The summed E-state index contributed by atoms with van der Waals surface area (Å²) >= 11 is 0. The van der Waals surface area contributed by atoms with Gasteiger partial charge in [0.2, 0.25) is 5.91 Å². The van der Waals surface area contributed by atoms with Gasteiger partial charge in [0.05, 0.1) is 18.6 Å². The lowest BCUT2D eigenvalue weighted by molar-refractivity contribution is -0.125. The number of amides is 1. The number of hydrazine groups is 1. The van der Waals surface area contributed by atoms with Crippen LogP contribution >= 0.6 is 0 Å². The second-order valence-electron chi connectivity index (χ2n) is 6.72. The number of benzene rings is 2. The number of halogens is 1. The zero-order valence-corrected chi connectivity index (χ0v) is 15.5. The van der Waals surface area contributed by atoms with Crippen molar-refractivity contribution in [3.8, 4) is 5.75 Å². The number of carbonyl (C=O) groups excluding carboxylic acids is 1. The molecule has 0 aromatic heterocycles. The molecule has 27 heavy (non-hydrogen) atoms. The van der Waals surface area contributed by atoms with Crippen LogP contribution in [0.3, 0.4) is 0 Å². The molecule has 0 spiro atoms. The maximum Gasteiger partial charge on any atom is 0.226 e. The van der Waals surface area contributed by atoms with Gasteiger partial charge in [0, 0.05) is 13.1 Å². The van der Waals surface area contributed by atoms with Gasteiger partial charge in [0.1, 0.15) is 11.6 Å². The normalized spacial score (nSPS) is 19.0. The molecule has 2 atom stereocenters. The first-order valence-corrected chi connectivity index (χ1v) is 9.40. The van der Waals surface area contributed by atoms with Crippen molar-refractivity contribution < 1.29 is 13.9 Å². The molecule has 0 radical (unpaired) electrons. The minimum absolute atomic E-state index is 0.0369. The van der Waals surface area contributed by atoms with E-state index in [9.17, 15) is 9.18 Å². The van der Waals surface area contributed by atoms with Crippen molar-refractivity contribution in [1.29, 1.82) is 0 Å². The number of carbonyl (C=O) groups is 1. The molecule has 0 saturated carbocycles. The Morgan fingerprint density at radius 2 is 1.93 bits per heavy atom. The summed E-state index contributed by atoms with van der Waals surface area (Å²) in [7, 11) is 0. The van der Waals surface area contributed by atoms with Crippen molar-refractivity contribution in [1.82, 2.24) is 16.2 Å². The fourth-order valence-corrected chi connectivity index (χ4v) is 3.09. The number of hydrogen-bond acceptors (Lipinski definition) is 4. The number of rotatable bonds is 8. The summed E-state index contributed by atoms with van der Waals surface area (Å²) in [4.78, 5) is 12.6. The third-order valence-corrected chi connectivity index (χ3v) is 4.70. The Morgan fingerprint density at radius 3 is 2.63 bits per heavy atom. The fraction of sp³-hybridized carbons (Fsp3) is 0.381. The van der Waals surface area contributed by atoms with E-state index in [1.165, 1.54) is 12.1 Å². The van der Waals surface area contributed by atoms with Gasteiger partial charge in [-0.3, -0.25) is 10.2 Å². The molecule has 3 N–H and O–H groups in total. The highest BCUT2D eigenvalue weighted by Crippen LogP contribution is 2.27. The van der Waals surface area contributed by atoms with Crippen LogP contribution in [-0.4, -0.2) is 19.1 Å². The lowest BCUT2D eigenvalue weighted by atomic mass is 9.94. The standard InChI is InChI=1S/C21H26FN3O2/c1-2-3-12-27-18-10-6-16(7-11-18)20-19(14-24-25-20)21(26)23-13-15-4-8-17(22)9-5-15/h4-11,19-20,24-25H,2-3,12-14H2,1H3,(H,23,26). The van der Waals surface area contributed by atoms with E-state index >= 15 is 0 Å². The van der Waals surface area contributed by atoms with Crippen LogP contribution in [-0.2, 0) is 11.3 Å². The summed E-state index contributed by atoms with van der Waals surface area (Å²) in [5, 5.41) is 2.94. The fourth-order valence-electron chi connectivity index (χ4n) is 3.09. The molecule has 1 amide bonds. The Bertz CT molecular complexity index is 734. The van der Waals surface area contributed by atoms with Gasteiger partial charge in [-0.25, -0.2) is 9.82 Å². The summed E-state index contributed by atoms with van der Waals surface area (Å²) in [6.45, 7) is 3.78. The highest BCUT2D eigenvalue weighted by atomic mass is 19.1. The molecule has 0 aliphatic carbocycles. The van der Waals surface area contributed by atoms with Crippen molar-refractivity contribution >= 4 is 5.91 Å². The molecule has 0 bridgehead atoms. The first-order valence-electron chi connectivity index (χ1n) is 9.40. The molecule has 2 aromatic rings. The van der Waals surface area contributed by atoms with E-state index in [1.54, 1.807) is 12.1 Å². The molecule has 6 heteroatoms. The number of hydrogen-bond donors (Lipinski definition) is 3. The Hall–Kier alpha value is -2.44. The summed E-state index contributed by atoms with van der Waals surface area (Å²) in [6, 6.07) is 13.9. The first-order chi connectivity index (χ1) is 13.2. The zero-order chi connectivity index (χ0) is 19.1. The van der Waals surface area contributed by atoms with E-state index in [2.05, 4.69) is 23.1 Å². The van der Waals surface area contributed by atoms with Gasteiger partial charge in [-0.2, -0.15) is 0 Å². The van der Waals surface area contributed by atoms with E-state index in [0.717, 1.165) is 29.7 Å². The average molecular weight is 371 g/mol. The molecule has 1 aliphatic heterocycles. The van der Waals surface area contributed by atoms with Crippen LogP contribution in [0, 0.1) is 11.7 Å². The van der Waals surface area contributed by atoms with Crippen LogP contribution in [0.15, 0.2) is 48.5 Å². The largest absolute Gasteiger partial charge is 0.494 e. The molecule has 144 valence electrons. The van der Waals surface area contributed by atoms with Gasteiger partial charge in [-0.05, 0) is 41.8 Å². The maximum absolute atomic E-state index is 13.0. The van der Waals surface area contributed by atoms with Gasteiger partial charge >= 0.3 is 0 Å². The summed E-state index contributed by atoms with van der Waals surface area (Å²) in [6.07, 6.45) is 2.14. The van der Waals surface area contributed by atoms with Crippen molar-refractivity contribution in [3.05, 3.63) is 65.5 Å². The van der Waals surface area contributed by atoms with Crippen LogP contribution in [0.1, 0.15) is 36.9 Å². The van der Waals surface area contributed by atoms with Gasteiger partial charge in [-0.1, -0.05) is 37.6 Å². The van der Waals surface area contributed by atoms with E-state index in [4.69, 9.17) is 4.74 Å². The van der Waals surface area contributed by atoms with E-state index in [1.807, 2.05) is 24.3 Å². The van der Waals surface area contributed by atoms with Gasteiger partial charge in [-0.15, -0.1) is 0 Å². The van der Waals surface area contributed by atoms with Crippen LogP contribution in [0.4, 0.5) is 4.39 Å². The monoisotopic (exact) mass is 371 g/mol. The Labute approximate surface area is 159 Å². The number of unbranched alkanes of at least 4 members (excludes halogenated alkanes) is 1. The highest BCUT2D eigenvalue weighted by Gasteiger charge is 2.33. The molecule has 2 unspecified atom stereocenters. The molecule has 1 heterocycles. The molecule has 3 rings (SSSR count). The number of ether oxygens (including phenoxy) is 1. The molecular weight excluding hydrogens is 345 g/mol. The topological polar surface area (TPSA) is 62.4 Å². The predicted octanol–water partition coefficient (Wildman–Crippen LogP) is 3.09. The average Bonchev–Trinajstić information content (AvgIpc) is 3.18. The van der Waals surface area contributed by atoms with Crippen LogP contribution < -0.4 is 20.9 Å². The SMILES string of the molecule is CCCCOc1ccc(C2NNCC2C(=O)NCc2ccc(F)cc2)cc1. The molecule has 2 aromatic carbocycles. The molecule has 1 saturated heterocycles. The first kappa shape index (κ1) is 19.3. The predicted molar refractivity (Wildman–Crippen MR) is 102 cm³/mol. The minimum atomic E-state index is -0.281. The minimum Gasteiger partial charge on any atom is -0.494 e. The molecule has 1 fully saturated rings. The van der Waals surface area contributed by atoms with Gasteiger partial charge in [0.15, 0.2) is 0 Å². The lowest BCUT2D eigenvalue weighted by Gasteiger charge is -2.19. The van der Waals surface area contributed by atoms with E-state index in [-0.39, 0.29) is 23.7 Å². The highest BCUT2D eigenvalue weighted by molar-refractivity contribution is 5.80. The van der Waals surface area contributed by atoms with Crippen LogP contribution in [0.5, 0.6) is 5.75 Å². The second kappa shape index (κ2) is 9.48. The second-order valence-corrected chi connectivity index (χ2v) is 6.72. The summed E-state index contributed by atoms with van der Waals surface area (Å²) in [5.41, 5.74) is 8.15. The van der Waals surface area contributed by atoms with Crippen molar-refractivity contribution in [3.63, 3.8) is 0 Å². The van der Waals surface area contributed by atoms with Gasteiger partial charge < -0.3 is 10.1 Å². The Kier molecular flexibility index (Phi) is 6.79. The summed E-state index contributed by atoms with van der Waals surface area (Å²) < 4.78 is 18.7. The van der Waals surface area contributed by atoms with Crippen molar-refractivity contribution in [2.45, 2.75) is 32.4 Å². The molecule has 1 aliphatic rings. The Morgan fingerprint density at radius 1 is 1.19 bits per heavy atom. The van der Waals surface area contributed by atoms with E-state index < -0.39 is 0 Å². The third-order valence-electron chi connectivity index (χ3n) is 4.70. The van der Waals surface area contributed by atoms with Crippen LogP contribution in [0.2, 0.25) is 0 Å². The summed E-state index contributed by atoms with van der Waals surface area (Å²) in [5.74, 6) is 0.300. The lowest BCUT2D eigenvalue weighted by Crippen LogP contribution is -2.34. The third kappa shape index (κ3) is 5.28. The Balaban J connectivity index is 1.57. The van der Waals surface area contributed by atoms with Crippen LogP contribution in [0.25, 0.3) is 0 Å². The maximum atomic E-state index is 13.0. The molecule has 5 nitrogen and oxygen atoms in total. The van der Waals surface area contributed by atoms with Crippen molar-refractivity contribution in [2.75, 3.05) is 13.2 Å². The molecular formula is C21H26FN3O2. The smallest absolute Gasteiger partial charge is 0.226 e. The number of nitrogens with one attached hydrogen (secondary N) is 3. The zero-order valence-electron chi connectivity index (χ0n) is 15.5. The van der Waals surface area contributed by atoms with Gasteiger partial charge in [0.25, 0.3) is 0 Å². The van der Waals surface area contributed by atoms with Crippen molar-refractivity contribution in [2.24, 2.45) is 5.92 Å². The van der Waals surface area contributed by atoms with E-state index in [0.29, 0.717) is 19.7 Å².